The fourth-order valence-electron chi connectivity index (χ4n) is 4.93. The van der Waals surface area contributed by atoms with Crippen LogP contribution in [-0.4, -0.2) is 69.9 Å². The predicted molar refractivity (Wildman–Crippen MR) is 126 cm³/mol. The molecule has 7 heteroatoms. The first-order valence-corrected chi connectivity index (χ1v) is 11.6. The van der Waals surface area contributed by atoms with Gasteiger partial charge in [-0.2, -0.15) is 0 Å². The molecule has 2 saturated heterocycles. The minimum atomic E-state index is 0.0564. The highest BCUT2D eigenvalue weighted by Crippen LogP contribution is 2.26. The summed E-state index contributed by atoms with van der Waals surface area (Å²) in [4.78, 5) is 30.9. The molecule has 5 rings (SSSR count). The molecule has 2 aliphatic heterocycles. The highest BCUT2D eigenvalue weighted by Gasteiger charge is 2.30. The third kappa shape index (κ3) is 4.64. The van der Waals surface area contributed by atoms with Crippen LogP contribution in [0.5, 0.6) is 0 Å². The summed E-state index contributed by atoms with van der Waals surface area (Å²) < 4.78 is 0. The van der Waals surface area contributed by atoms with Crippen molar-refractivity contribution in [3.63, 3.8) is 0 Å². The van der Waals surface area contributed by atoms with Gasteiger partial charge in [-0.25, -0.2) is 4.98 Å². The topological polar surface area (TPSA) is 74.2 Å². The third-order valence-electron chi connectivity index (χ3n) is 6.94. The lowest BCUT2D eigenvalue weighted by atomic mass is 9.93. The summed E-state index contributed by atoms with van der Waals surface area (Å²) in [6, 6.07) is 8.74. The van der Waals surface area contributed by atoms with Crippen molar-refractivity contribution in [3.8, 4) is 11.3 Å². The van der Waals surface area contributed by atoms with Crippen LogP contribution >= 0.6 is 0 Å². The standard InChI is InChI=1S/C25H30N6O/c1-30-10-6-22(7-11-30)31-12-4-18(5-13-31)25(32)29-24-15-21-14-19(2-3-20(21)16-28-24)23-17-26-8-9-27-23/h2-3,8-9,14-18,22H,4-7,10-13H2,1H3,(H,28,29,32). The number of piperidine rings is 2. The normalized spacial score (nSPS) is 19.3. The summed E-state index contributed by atoms with van der Waals surface area (Å²) in [5, 5.41) is 5.11. The molecule has 166 valence electrons. The molecule has 0 atom stereocenters. The van der Waals surface area contributed by atoms with E-state index in [1.165, 1.54) is 25.9 Å². The van der Waals surface area contributed by atoms with Crippen LogP contribution < -0.4 is 5.32 Å². The molecule has 1 aromatic carbocycles. The summed E-state index contributed by atoms with van der Waals surface area (Å²) in [5.74, 6) is 0.752. The van der Waals surface area contributed by atoms with Gasteiger partial charge in [-0.3, -0.25) is 14.8 Å². The number of nitrogens with zero attached hydrogens (tertiary/aromatic N) is 5. The molecular weight excluding hydrogens is 400 g/mol. The van der Waals surface area contributed by atoms with E-state index >= 15 is 0 Å². The van der Waals surface area contributed by atoms with Gasteiger partial charge in [0.2, 0.25) is 5.91 Å². The van der Waals surface area contributed by atoms with E-state index in [-0.39, 0.29) is 11.8 Å². The number of benzene rings is 1. The summed E-state index contributed by atoms with van der Waals surface area (Å²) in [6.07, 6.45) is 11.2. The smallest absolute Gasteiger partial charge is 0.228 e. The Morgan fingerprint density at radius 1 is 0.938 bits per heavy atom. The van der Waals surface area contributed by atoms with Gasteiger partial charge in [0.1, 0.15) is 5.82 Å². The number of pyridine rings is 1. The van der Waals surface area contributed by atoms with Crippen molar-refractivity contribution in [2.75, 3.05) is 38.5 Å². The Kier molecular flexibility index (Phi) is 6.10. The maximum atomic E-state index is 12.9. The van der Waals surface area contributed by atoms with Crippen molar-refractivity contribution in [2.45, 2.75) is 31.7 Å². The first-order chi connectivity index (χ1) is 15.7. The molecular formula is C25H30N6O. The number of amides is 1. The van der Waals surface area contributed by atoms with Crippen molar-refractivity contribution in [1.29, 1.82) is 0 Å². The van der Waals surface area contributed by atoms with Crippen LogP contribution in [0.2, 0.25) is 0 Å². The van der Waals surface area contributed by atoms with Crippen LogP contribution in [0, 0.1) is 5.92 Å². The molecule has 0 unspecified atom stereocenters. The number of nitrogens with one attached hydrogen (secondary N) is 1. The molecule has 3 aromatic rings. The highest BCUT2D eigenvalue weighted by atomic mass is 16.1. The lowest BCUT2D eigenvalue weighted by Crippen LogP contribution is -2.48. The van der Waals surface area contributed by atoms with Gasteiger partial charge in [-0.05, 0) is 76.4 Å². The van der Waals surface area contributed by atoms with E-state index in [1.54, 1.807) is 18.6 Å². The van der Waals surface area contributed by atoms with Gasteiger partial charge in [0, 0.05) is 41.5 Å². The zero-order valence-corrected chi connectivity index (χ0v) is 18.6. The fraction of sp³-hybridized carbons (Fsp3) is 0.440. The van der Waals surface area contributed by atoms with Crippen molar-refractivity contribution in [2.24, 2.45) is 5.92 Å². The van der Waals surface area contributed by atoms with Gasteiger partial charge >= 0.3 is 0 Å². The Hall–Kier alpha value is -2.90. The van der Waals surface area contributed by atoms with Crippen LogP contribution in [0.25, 0.3) is 22.0 Å². The Balaban J connectivity index is 1.22. The molecule has 0 saturated carbocycles. The molecule has 0 radical (unpaired) electrons. The third-order valence-corrected chi connectivity index (χ3v) is 6.94. The van der Waals surface area contributed by atoms with E-state index in [0.717, 1.165) is 48.0 Å². The van der Waals surface area contributed by atoms with Gasteiger partial charge in [-0.1, -0.05) is 12.1 Å². The maximum absolute atomic E-state index is 12.9. The Labute approximate surface area is 188 Å². The zero-order valence-electron chi connectivity index (χ0n) is 18.6. The number of carbonyl (C=O) groups excluding carboxylic acids is 1. The Morgan fingerprint density at radius 2 is 1.75 bits per heavy atom. The second kappa shape index (κ2) is 9.30. The predicted octanol–water partition coefficient (Wildman–Crippen LogP) is 3.44. The Morgan fingerprint density at radius 3 is 2.50 bits per heavy atom. The second-order valence-electron chi connectivity index (χ2n) is 9.06. The average molecular weight is 431 g/mol. The molecule has 0 spiro atoms. The van der Waals surface area contributed by atoms with Gasteiger partial charge in [0.25, 0.3) is 0 Å². The molecule has 0 aliphatic carbocycles. The van der Waals surface area contributed by atoms with E-state index < -0.39 is 0 Å². The Bertz CT molecular complexity index is 1070. The molecule has 4 heterocycles. The maximum Gasteiger partial charge on any atom is 0.228 e. The van der Waals surface area contributed by atoms with Gasteiger partial charge in [-0.15, -0.1) is 0 Å². The van der Waals surface area contributed by atoms with E-state index in [0.29, 0.717) is 11.9 Å². The lowest BCUT2D eigenvalue weighted by Gasteiger charge is -2.40. The monoisotopic (exact) mass is 430 g/mol. The van der Waals surface area contributed by atoms with E-state index in [9.17, 15) is 4.79 Å². The minimum absolute atomic E-state index is 0.0564. The van der Waals surface area contributed by atoms with E-state index in [2.05, 4.69) is 43.2 Å². The first-order valence-electron chi connectivity index (χ1n) is 11.6. The SMILES string of the molecule is CN1CCC(N2CCC(C(=O)Nc3cc4cc(-c5cnccn5)ccc4cn3)CC2)CC1. The first kappa shape index (κ1) is 21.0. The molecule has 1 N–H and O–H groups in total. The van der Waals surface area contributed by atoms with Gasteiger partial charge < -0.3 is 15.1 Å². The van der Waals surface area contributed by atoms with Crippen molar-refractivity contribution in [1.82, 2.24) is 24.8 Å². The number of hydrogen-bond acceptors (Lipinski definition) is 6. The van der Waals surface area contributed by atoms with Crippen molar-refractivity contribution >= 4 is 22.5 Å². The number of hydrogen-bond donors (Lipinski definition) is 1. The molecule has 0 bridgehead atoms. The molecule has 2 fully saturated rings. The van der Waals surface area contributed by atoms with E-state index in [1.807, 2.05) is 24.4 Å². The van der Waals surface area contributed by atoms with Crippen LogP contribution in [0.4, 0.5) is 5.82 Å². The van der Waals surface area contributed by atoms with Crippen LogP contribution in [0.3, 0.4) is 0 Å². The lowest BCUT2D eigenvalue weighted by molar-refractivity contribution is -0.121. The molecule has 2 aromatic heterocycles. The number of carbonyl (C=O) groups is 1. The highest BCUT2D eigenvalue weighted by molar-refractivity contribution is 5.95. The number of aromatic nitrogens is 3. The molecule has 32 heavy (non-hydrogen) atoms. The fourth-order valence-corrected chi connectivity index (χ4v) is 4.93. The van der Waals surface area contributed by atoms with Crippen molar-refractivity contribution < 1.29 is 4.79 Å². The largest absolute Gasteiger partial charge is 0.310 e. The quantitative estimate of drug-likeness (QED) is 0.684. The number of fused-ring (bicyclic) bond motifs is 1. The number of likely N-dealkylation sites (tertiary alicyclic amines) is 2. The average Bonchev–Trinajstić information content (AvgIpc) is 2.85. The van der Waals surface area contributed by atoms with Crippen molar-refractivity contribution in [3.05, 3.63) is 49.1 Å². The number of rotatable bonds is 4. The van der Waals surface area contributed by atoms with Crippen LogP contribution in [-0.2, 0) is 4.79 Å². The minimum Gasteiger partial charge on any atom is -0.310 e. The number of anilines is 1. The molecule has 2 aliphatic rings. The summed E-state index contributed by atoms with van der Waals surface area (Å²) in [6.45, 7) is 4.38. The zero-order chi connectivity index (χ0) is 21.9. The molecule has 7 nitrogen and oxygen atoms in total. The summed E-state index contributed by atoms with van der Waals surface area (Å²) in [7, 11) is 2.20. The summed E-state index contributed by atoms with van der Waals surface area (Å²) >= 11 is 0. The summed E-state index contributed by atoms with van der Waals surface area (Å²) in [5.41, 5.74) is 1.82. The van der Waals surface area contributed by atoms with Gasteiger partial charge in [0.15, 0.2) is 0 Å². The van der Waals surface area contributed by atoms with Gasteiger partial charge in [0.05, 0.1) is 11.9 Å². The van der Waals surface area contributed by atoms with E-state index in [4.69, 9.17) is 0 Å². The second-order valence-corrected chi connectivity index (χ2v) is 9.06. The molecule has 1 amide bonds. The van der Waals surface area contributed by atoms with Crippen LogP contribution in [0.1, 0.15) is 25.7 Å². The van der Waals surface area contributed by atoms with Crippen LogP contribution in [0.15, 0.2) is 49.1 Å².